The molecular weight excluding hydrogens is 162 g/mol. The van der Waals surface area contributed by atoms with Crippen LogP contribution in [0, 0.1) is 10.8 Å². The molecule has 13 heavy (non-hydrogen) atoms. The predicted octanol–water partition coefficient (Wildman–Crippen LogP) is 2.47. The second-order valence-corrected chi connectivity index (χ2v) is 5.09. The van der Waals surface area contributed by atoms with Gasteiger partial charge in [-0.1, -0.05) is 27.2 Å². The minimum Gasteiger partial charge on any atom is -0.369 e. The summed E-state index contributed by atoms with van der Waals surface area (Å²) in [5.74, 6) is -0.120. The van der Waals surface area contributed by atoms with Gasteiger partial charge in [0.15, 0.2) is 0 Å². The molecule has 1 amide bonds. The number of hydrogen-bond acceptors (Lipinski definition) is 1. The van der Waals surface area contributed by atoms with Crippen molar-refractivity contribution >= 4 is 5.91 Å². The molecule has 0 spiro atoms. The summed E-state index contributed by atoms with van der Waals surface area (Å²) >= 11 is 0. The molecule has 2 heteroatoms. The number of carbonyl (C=O) groups is 1. The van der Waals surface area contributed by atoms with Gasteiger partial charge < -0.3 is 5.73 Å². The molecule has 1 aliphatic rings. The zero-order chi connectivity index (χ0) is 10.1. The third-order valence-electron chi connectivity index (χ3n) is 4.01. The molecule has 0 heterocycles. The lowest BCUT2D eigenvalue weighted by molar-refractivity contribution is -0.129. The summed E-state index contributed by atoms with van der Waals surface area (Å²) in [6, 6.07) is 0. The van der Waals surface area contributed by atoms with Crippen LogP contribution in [-0.4, -0.2) is 5.91 Å². The topological polar surface area (TPSA) is 43.1 Å². The molecule has 1 saturated carbocycles. The Kier molecular flexibility index (Phi) is 2.69. The first-order chi connectivity index (χ1) is 5.92. The summed E-state index contributed by atoms with van der Waals surface area (Å²) in [6.07, 6.45) is 5.42. The molecule has 0 aromatic carbocycles. The number of rotatable bonds is 2. The van der Waals surface area contributed by atoms with E-state index in [1.165, 1.54) is 6.42 Å². The molecule has 1 aliphatic carbocycles. The van der Waals surface area contributed by atoms with E-state index in [0.29, 0.717) is 5.41 Å². The second-order valence-electron chi connectivity index (χ2n) is 5.09. The van der Waals surface area contributed by atoms with E-state index < -0.39 is 0 Å². The quantitative estimate of drug-likeness (QED) is 0.702. The summed E-state index contributed by atoms with van der Waals surface area (Å²) in [5.41, 5.74) is 5.62. The average Bonchev–Trinajstić information content (AvgIpc) is 2.11. The molecule has 0 atom stereocenters. The van der Waals surface area contributed by atoms with Crippen molar-refractivity contribution in [1.82, 2.24) is 0 Å². The van der Waals surface area contributed by atoms with Crippen LogP contribution in [0.25, 0.3) is 0 Å². The number of amides is 1. The third kappa shape index (κ3) is 2.04. The van der Waals surface area contributed by atoms with Crippen LogP contribution < -0.4 is 5.73 Å². The highest BCUT2D eigenvalue weighted by molar-refractivity contribution is 5.80. The number of nitrogens with two attached hydrogens (primary N) is 1. The van der Waals surface area contributed by atoms with Crippen molar-refractivity contribution in [2.45, 2.75) is 52.9 Å². The van der Waals surface area contributed by atoms with Gasteiger partial charge in [-0.25, -0.2) is 0 Å². The maximum Gasteiger partial charge on any atom is 0.223 e. The van der Waals surface area contributed by atoms with Crippen LogP contribution in [0.1, 0.15) is 52.9 Å². The van der Waals surface area contributed by atoms with Crippen molar-refractivity contribution in [1.29, 1.82) is 0 Å². The van der Waals surface area contributed by atoms with Crippen molar-refractivity contribution in [3.63, 3.8) is 0 Å². The highest BCUT2D eigenvalue weighted by Gasteiger charge is 2.39. The van der Waals surface area contributed by atoms with Gasteiger partial charge in [0.05, 0.1) is 0 Å². The minimum atomic E-state index is -0.227. The summed E-state index contributed by atoms with van der Waals surface area (Å²) in [7, 11) is 0. The van der Waals surface area contributed by atoms with E-state index in [1.54, 1.807) is 0 Å². The van der Waals surface area contributed by atoms with Gasteiger partial charge in [0, 0.05) is 5.41 Å². The molecule has 1 fully saturated rings. The Balaban J connectivity index is 2.61. The SMILES string of the molecule is CCC1(C)CCC(C)(C(N)=O)CC1. The van der Waals surface area contributed by atoms with Crippen LogP contribution in [0.3, 0.4) is 0 Å². The Bertz CT molecular complexity index is 202. The van der Waals surface area contributed by atoms with Crippen molar-refractivity contribution in [2.24, 2.45) is 16.6 Å². The monoisotopic (exact) mass is 183 g/mol. The first kappa shape index (κ1) is 10.6. The number of hydrogen-bond donors (Lipinski definition) is 1. The molecule has 2 nitrogen and oxygen atoms in total. The van der Waals surface area contributed by atoms with E-state index in [1.807, 2.05) is 6.92 Å². The summed E-state index contributed by atoms with van der Waals surface area (Å²) in [4.78, 5) is 11.2. The Morgan fingerprint density at radius 2 is 1.69 bits per heavy atom. The lowest BCUT2D eigenvalue weighted by Gasteiger charge is -2.41. The molecule has 0 aromatic rings. The van der Waals surface area contributed by atoms with Crippen LogP contribution in [0.2, 0.25) is 0 Å². The van der Waals surface area contributed by atoms with Gasteiger partial charge in [-0.15, -0.1) is 0 Å². The molecule has 0 unspecified atom stereocenters. The first-order valence-corrected chi connectivity index (χ1v) is 5.22. The lowest BCUT2D eigenvalue weighted by atomic mass is 9.64. The van der Waals surface area contributed by atoms with E-state index in [2.05, 4.69) is 13.8 Å². The number of primary amides is 1. The fourth-order valence-corrected chi connectivity index (χ4v) is 2.01. The largest absolute Gasteiger partial charge is 0.369 e. The smallest absolute Gasteiger partial charge is 0.223 e. The third-order valence-corrected chi connectivity index (χ3v) is 4.01. The lowest BCUT2D eigenvalue weighted by Crippen LogP contribution is -2.40. The average molecular weight is 183 g/mol. The highest BCUT2D eigenvalue weighted by atomic mass is 16.1. The molecule has 0 aromatic heterocycles. The van der Waals surface area contributed by atoms with Crippen LogP contribution in [0.4, 0.5) is 0 Å². The van der Waals surface area contributed by atoms with Gasteiger partial charge >= 0.3 is 0 Å². The van der Waals surface area contributed by atoms with E-state index in [-0.39, 0.29) is 11.3 Å². The van der Waals surface area contributed by atoms with E-state index in [9.17, 15) is 4.79 Å². The van der Waals surface area contributed by atoms with Crippen molar-refractivity contribution in [3.05, 3.63) is 0 Å². The number of carbonyl (C=O) groups excluding carboxylic acids is 1. The van der Waals surface area contributed by atoms with Crippen molar-refractivity contribution in [3.8, 4) is 0 Å². The fourth-order valence-electron chi connectivity index (χ4n) is 2.01. The van der Waals surface area contributed by atoms with Gasteiger partial charge in [-0.3, -0.25) is 4.79 Å². The highest BCUT2D eigenvalue weighted by Crippen LogP contribution is 2.46. The Labute approximate surface area is 80.9 Å². The molecule has 0 saturated heterocycles. The molecule has 0 bridgehead atoms. The predicted molar refractivity (Wildman–Crippen MR) is 54.2 cm³/mol. The standard InChI is InChI=1S/C11H21NO/c1-4-10(2)5-7-11(3,8-6-10)9(12)13/h4-8H2,1-3H3,(H2,12,13). The van der Waals surface area contributed by atoms with Gasteiger partial charge in [0.2, 0.25) is 5.91 Å². The zero-order valence-electron chi connectivity index (χ0n) is 9.02. The van der Waals surface area contributed by atoms with Crippen LogP contribution in [0.15, 0.2) is 0 Å². The summed E-state index contributed by atoms with van der Waals surface area (Å²) in [5, 5.41) is 0. The van der Waals surface area contributed by atoms with Gasteiger partial charge in [0.25, 0.3) is 0 Å². The van der Waals surface area contributed by atoms with Crippen LogP contribution >= 0.6 is 0 Å². The minimum absolute atomic E-state index is 0.120. The van der Waals surface area contributed by atoms with Gasteiger partial charge in [-0.05, 0) is 31.1 Å². The Morgan fingerprint density at radius 3 is 2.00 bits per heavy atom. The van der Waals surface area contributed by atoms with E-state index in [0.717, 1.165) is 25.7 Å². The summed E-state index contributed by atoms with van der Waals surface area (Å²) in [6.45, 7) is 6.55. The van der Waals surface area contributed by atoms with E-state index in [4.69, 9.17) is 5.73 Å². The molecule has 1 rings (SSSR count). The van der Waals surface area contributed by atoms with Gasteiger partial charge in [-0.2, -0.15) is 0 Å². The molecule has 76 valence electrons. The molecular formula is C11H21NO. The fraction of sp³-hybridized carbons (Fsp3) is 0.909. The molecule has 2 N–H and O–H groups in total. The maximum atomic E-state index is 11.2. The Morgan fingerprint density at radius 1 is 1.23 bits per heavy atom. The van der Waals surface area contributed by atoms with Gasteiger partial charge in [0.1, 0.15) is 0 Å². The van der Waals surface area contributed by atoms with Crippen LogP contribution in [0.5, 0.6) is 0 Å². The van der Waals surface area contributed by atoms with Crippen molar-refractivity contribution in [2.75, 3.05) is 0 Å². The van der Waals surface area contributed by atoms with E-state index >= 15 is 0 Å². The second kappa shape index (κ2) is 3.32. The summed E-state index contributed by atoms with van der Waals surface area (Å²) < 4.78 is 0. The first-order valence-electron chi connectivity index (χ1n) is 5.22. The van der Waals surface area contributed by atoms with Crippen molar-refractivity contribution < 1.29 is 4.79 Å². The maximum absolute atomic E-state index is 11.2. The Hall–Kier alpha value is -0.530. The normalized spacial score (nSPS) is 40.2. The molecule has 0 radical (unpaired) electrons. The zero-order valence-corrected chi connectivity index (χ0v) is 9.02. The van der Waals surface area contributed by atoms with Crippen LogP contribution in [-0.2, 0) is 4.79 Å². The molecule has 0 aliphatic heterocycles.